The van der Waals surface area contributed by atoms with Gasteiger partial charge in [0.15, 0.2) is 0 Å². The van der Waals surface area contributed by atoms with Crippen molar-refractivity contribution in [3.63, 3.8) is 0 Å². The molecule has 4 nitrogen and oxygen atoms in total. The van der Waals surface area contributed by atoms with Gasteiger partial charge in [0.1, 0.15) is 11.6 Å². The van der Waals surface area contributed by atoms with E-state index in [0.717, 1.165) is 36.1 Å². The predicted molar refractivity (Wildman–Crippen MR) is 99.5 cm³/mol. The SMILES string of the molecule is COc1ccccc1CCNC(=O)CN(Cc1ccc(F)cc1)C1CC1. The molecule has 26 heavy (non-hydrogen) atoms. The Morgan fingerprint density at radius 2 is 1.92 bits per heavy atom. The third kappa shape index (κ3) is 5.30. The van der Waals surface area contributed by atoms with Crippen molar-refractivity contribution in [2.75, 3.05) is 20.2 Å². The number of hydrogen-bond donors (Lipinski definition) is 1. The maximum Gasteiger partial charge on any atom is 0.234 e. The molecule has 1 N–H and O–H groups in total. The maximum absolute atomic E-state index is 13.1. The van der Waals surface area contributed by atoms with Gasteiger partial charge in [-0.1, -0.05) is 30.3 Å². The Balaban J connectivity index is 1.48. The summed E-state index contributed by atoms with van der Waals surface area (Å²) in [6, 6.07) is 14.8. The van der Waals surface area contributed by atoms with Gasteiger partial charge < -0.3 is 10.1 Å². The Morgan fingerprint density at radius 1 is 1.19 bits per heavy atom. The van der Waals surface area contributed by atoms with Gasteiger partial charge in [-0.2, -0.15) is 0 Å². The molecule has 0 aliphatic heterocycles. The van der Waals surface area contributed by atoms with Gasteiger partial charge in [-0.3, -0.25) is 9.69 Å². The molecule has 1 aliphatic rings. The summed E-state index contributed by atoms with van der Waals surface area (Å²) in [7, 11) is 1.65. The van der Waals surface area contributed by atoms with E-state index in [1.807, 2.05) is 24.3 Å². The minimum absolute atomic E-state index is 0.0221. The van der Waals surface area contributed by atoms with Crippen LogP contribution in [0.2, 0.25) is 0 Å². The quantitative estimate of drug-likeness (QED) is 0.750. The summed E-state index contributed by atoms with van der Waals surface area (Å²) in [5.41, 5.74) is 2.11. The largest absolute Gasteiger partial charge is 0.496 e. The van der Waals surface area contributed by atoms with Crippen LogP contribution in [0.3, 0.4) is 0 Å². The zero-order valence-corrected chi connectivity index (χ0v) is 15.1. The van der Waals surface area contributed by atoms with E-state index in [0.29, 0.717) is 25.7 Å². The second-order valence-electron chi connectivity index (χ2n) is 6.67. The molecule has 0 bridgehead atoms. The molecule has 0 heterocycles. The average molecular weight is 356 g/mol. The third-order valence-corrected chi connectivity index (χ3v) is 4.62. The van der Waals surface area contributed by atoms with Crippen molar-refractivity contribution in [2.45, 2.75) is 31.8 Å². The van der Waals surface area contributed by atoms with Crippen molar-refractivity contribution in [1.29, 1.82) is 0 Å². The zero-order valence-electron chi connectivity index (χ0n) is 15.1. The number of methoxy groups -OCH3 is 1. The van der Waals surface area contributed by atoms with E-state index < -0.39 is 0 Å². The van der Waals surface area contributed by atoms with Gasteiger partial charge in [-0.05, 0) is 48.6 Å². The van der Waals surface area contributed by atoms with Gasteiger partial charge in [0.05, 0.1) is 13.7 Å². The standard InChI is InChI=1S/C21H25FN2O2/c1-26-20-5-3-2-4-17(20)12-13-23-21(25)15-24(19-10-11-19)14-16-6-8-18(22)9-7-16/h2-9,19H,10-15H2,1H3,(H,23,25). The first-order valence-corrected chi connectivity index (χ1v) is 9.03. The molecule has 0 spiro atoms. The van der Waals surface area contributed by atoms with Crippen LogP contribution in [-0.2, 0) is 17.8 Å². The van der Waals surface area contributed by atoms with Gasteiger partial charge >= 0.3 is 0 Å². The number of para-hydroxylation sites is 1. The number of rotatable bonds is 9. The average Bonchev–Trinajstić information content (AvgIpc) is 3.48. The van der Waals surface area contributed by atoms with Crippen LogP contribution >= 0.6 is 0 Å². The normalized spacial score (nSPS) is 13.7. The van der Waals surface area contributed by atoms with Gasteiger partial charge in [0.2, 0.25) is 5.91 Å². The van der Waals surface area contributed by atoms with Crippen LogP contribution in [0.15, 0.2) is 48.5 Å². The molecular formula is C21H25FN2O2. The number of amides is 1. The second kappa shape index (κ2) is 8.81. The van der Waals surface area contributed by atoms with Gasteiger partial charge in [-0.25, -0.2) is 4.39 Å². The fraction of sp³-hybridized carbons (Fsp3) is 0.381. The fourth-order valence-electron chi connectivity index (χ4n) is 3.06. The molecule has 2 aromatic rings. The van der Waals surface area contributed by atoms with Crippen LogP contribution < -0.4 is 10.1 Å². The molecule has 0 atom stereocenters. The Labute approximate surface area is 154 Å². The smallest absolute Gasteiger partial charge is 0.234 e. The first-order chi connectivity index (χ1) is 12.7. The van der Waals surface area contributed by atoms with Crippen molar-refractivity contribution in [3.05, 3.63) is 65.5 Å². The lowest BCUT2D eigenvalue weighted by Gasteiger charge is -2.21. The van der Waals surface area contributed by atoms with Crippen LogP contribution in [0.4, 0.5) is 4.39 Å². The molecule has 0 saturated heterocycles. The summed E-state index contributed by atoms with van der Waals surface area (Å²) in [5, 5.41) is 2.99. The second-order valence-corrected chi connectivity index (χ2v) is 6.67. The van der Waals surface area contributed by atoms with Crippen molar-refractivity contribution >= 4 is 5.91 Å². The molecule has 2 aromatic carbocycles. The highest BCUT2D eigenvalue weighted by Crippen LogP contribution is 2.28. The van der Waals surface area contributed by atoms with Crippen LogP contribution in [0.5, 0.6) is 5.75 Å². The fourth-order valence-corrected chi connectivity index (χ4v) is 3.06. The van der Waals surface area contributed by atoms with Crippen molar-refractivity contribution in [1.82, 2.24) is 10.2 Å². The predicted octanol–water partition coefficient (Wildman–Crippen LogP) is 3.16. The summed E-state index contributed by atoms with van der Waals surface area (Å²) in [6.45, 7) is 1.62. The highest BCUT2D eigenvalue weighted by Gasteiger charge is 2.30. The number of ether oxygens (including phenoxy) is 1. The number of carbonyl (C=O) groups excluding carboxylic acids is 1. The number of carbonyl (C=O) groups is 1. The maximum atomic E-state index is 13.1. The van der Waals surface area contributed by atoms with Gasteiger partial charge in [0.25, 0.3) is 0 Å². The molecule has 0 aromatic heterocycles. The van der Waals surface area contributed by atoms with E-state index in [2.05, 4.69) is 10.2 Å². The molecule has 0 unspecified atom stereocenters. The van der Waals surface area contributed by atoms with Crippen LogP contribution in [0.1, 0.15) is 24.0 Å². The molecule has 0 radical (unpaired) electrons. The molecule has 5 heteroatoms. The lowest BCUT2D eigenvalue weighted by atomic mass is 10.1. The monoisotopic (exact) mass is 356 g/mol. The molecule has 3 rings (SSSR count). The summed E-state index contributed by atoms with van der Waals surface area (Å²) in [4.78, 5) is 14.5. The van der Waals surface area contributed by atoms with Gasteiger partial charge in [0, 0.05) is 19.1 Å². The Bertz CT molecular complexity index is 729. The molecule has 1 fully saturated rings. The summed E-state index contributed by atoms with van der Waals surface area (Å²) >= 11 is 0. The number of hydrogen-bond acceptors (Lipinski definition) is 3. The van der Waals surface area contributed by atoms with E-state index in [1.54, 1.807) is 19.2 Å². The van der Waals surface area contributed by atoms with E-state index in [-0.39, 0.29) is 11.7 Å². The molecular weight excluding hydrogens is 331 g/mol. The Kier molecular flexibility index (Phi) is 6.23. The van der Waals surface area contributed by atoms with Crippen molar-refractivity contribution < 1.29 is 13.9 Å². The summed E-state index contributed by atoms with van der Waals surface area (Å²) in [5.74, 6) is 0.632. The van der Waals surface area contributed by atoms with E-state index >= 15 is 0 Å². The molecule has 1 aliphatic carbocycles. The minimum Gasteiger partial charge on any atom is -0.496 e. The van der Waals surface area contributed by atoms with Crippen LogP contribution in [0, 0.1) is 5.82 Å². The highest BCUT2D eigenvalue weighted by atomic mass is 19.1. The Hall–Kier alpha value is -2.40. The first kappa shape index (κ1) is 18.4. The lowest BCUT2D eigenvalue weighted by Crippen LogP contribution is -2.38. The highest BCUT2D eigenvalue weighted by molar-refractivity contribution is 5.78. The van der Waals surface area contributed by atoms with E-state index in [4.69, 9.17) is 4.74 Å². The van der Waals surface area contributed by atoms with E-state index in [9.17, 15) is 9.18 Å². The number of nitrogens with one attached hydrogen (secondary N) is 1. The van der Waals surface area contributed by atoms with Crippen LogP contribution in [0.25, 0.3) is 0 Å². The molecule has 1 amide bonds. The van der Waals surface area contributed by atoms with Crippen molar-refractivity contribution in [3.8, 4) is 5.75 Å². The molecule has 1 saturated carbocycles. The zero-order chi connectivity index (χ0) is 18.4. The topological polar surface area (TPSA) is 41.6 Å². The number of benzene rings is 2. The summed E-state index contributed by atoms with van der Waals surface area (Å²) < 4.78 is 18.4. The van der Waals surface area contributed by atoms with E-state index in [1.165, 1.54) is 12.1 Å². The van der Waals surface area contributed by atoms with Gasteiger partial charge in [-0.15, -0.1) is 0 Å². The number of halogens is 1. The third-order valence-electron chi connectivity index (χ3n) is 4.62. The Morgan fingerprint density at radius 3 is 2.62 bits per heavy atom. The lowest BCUT2D eigenvalue weighted by molar-refractivity contribution is -0.122. The van der Waals surface area contributed by atoms with Crippen LogP contribution in [-0.4, -0.2) is 37.0 Å². The summed E-state index contributed by atoms with van der Waals surface area (Å²) in [6.07, 6.45) is 2.97. The minimum atomic E-state index is -0.235. The first-order valence-electron chi connectivity index (χ1n) is 9.03. The number of nitrogens with zero attached hydrogens (tertiary/aromatic N) is 1. The molecule has 138 valence electrons. The van der Waals surface area contributed by atoms with Crippen molar-refractivity contribution in [2.24, 2.45) is 0 Å².